The maximum atomic E-state index is 13.9. The van der Waals surface area contributed by atoms with Gasteiger partial charge in [0.1, 0.15) is 11.6 Å². The van der Waals surface area contributed by atoms with Crippen molar-refractivity contribution in [2.75, 3.05) is 0 Å². The summed E-state index contributed by atoms with van der Waals surface area (Å²) in [6, 6.07) is 21.1. The predicted octanol–water partition coefficient (Wildman–Crippen LogP) is 8.84. The van der Waals surface area contributed by atoms with Crippen LogP contribution in [-0.2, 0) is 0 Å². The Morgan fingerprint density at radius 1 is 0.917 bits per heavy atom. The van der Waals surface area contributed by atoms with Crippen molar-refractivity contribution >= 4 is 40.3 Å². The second-order valence-electron chi connectivity index (χ2n) is 9.45. The van der Waals surface area contributed by atoms with E-state index in [2.05, 4.69) is 23.3 Å². The SMILES string of the molecule is C[C@H]1CC2=C(N=C3SC=C(c4ccc(Cl)cc4)N3[C@@H]2c2ccc(F)cc2)/C(=C/c2ccc(F)cc2)C1. The van der Waals surface area contributed by atoms with Crippen LogP contribution in [0.2, 0.25) is 5.02 Å². The summed E-state index contributed by atoms with van der Waals surface area (Å²) in [7, 11) is 0. The summed E-state index contributed by atoms with van der Waals surface area (Å²) in [4.78, 5) is 7.44. The molecular weight excluding hydrogens is 494 g/mol. The molecule has 3 aliphatic rings. The molecule has 3 aromatic carbocycles. The number of hydrogen-bond acceptors (Lipinski definition) is 3. The molecule has 6 heteroatoms. The number of hydrogen-bond donors (Lipinski definition) is 0. The van der Waals surface area contributed by atoms with Crippen molar-refractivity contribution in [2.24, 2.45) is 10.9 Å². The number of halogens is 3. The van der Waals surface area contributed by atoms with Gasteiger partial charge in [-0.05, 0) is 89.1 Å². The van der Waals surface area contributed by atoms with Crippen LogP contribution in [0.15, 0.2) is 100 Å². The molecule has 0 unspecified atom stereocenters. The van der Waals surface area contributed by atoms with Gasteiger partial charge in [-0.2, -0.15) is 0 Å². The van der Waals surface area contributed by atoms with Crippen molar-refractivity contribution in [1.29, 1.82) is 0 Å². The zero-order valence-electron chi connectivity index (χ0n) is 19.6. The number of aliphatic imine (C=N–C) groups is 1. The van der Waals surface area contributed by atoms with E-state index in [1.165, 1.54) is 29.8 Å². The van der Waals surface area contributed by atoms with Gasteiger partial charge in [0.05, 0.1) is 17.4 Å². The first-order valence-electron chi connectivity index (χ1n) is 11.9. The third-order valence-corrected chi connectivity index (χ3v) is 7.91. The second-order valence-corrected chi connectivity index (χ2v) is 10.7. The Labute approximate surface area is 218 Å². The summed E-state index contributed by atoms with van der Waals surface area (Å²) in [5, 5.41) is 3.71. The van der Waals surface area contributed by atoms with Gasteiger partial charge in [0, 0.05) is 10.4 Å². The third kappa shape index (κ3) is 4.31. The molecule has 2 atom stereocenters. The molecule has 0 aromatic heterocycles. The molecular formula is C30H23ClF2N2S. The number of fused-ring (bicyclic) bond motifs is 1. The maximum Gasteiger partial charge on any atom is 0.174 e. The highest BCUT2D eigenvalue weighted by Crippen LogP contribution is 2.52. The number of amidine groups is 1. The third-order valence-electron chi connectivity index (χ3n) is 6.82. The highest BCUT2D eigenvalue weighted by Gasteiger charge is 2.41. The van der Waals surface area contributed by atoms with E-state index >= 15 is 0 Å². The molecule has 0 amide bonds. The smallest absolute Gasteiger partial charge is 0.174 e. The van der Waals surface area contributed by atoms with Crippen LogP contribution in [0.1, 0.15) is 42.5 Å². The highest BCUT2D eigenvalue weighted by molar-refractivity contribution is 8.16. The molecule has 0 saturated carbocycles. The summed E-state index contributed by atoms with van der Waals surface area (Å²) >= 11 is 7.76. The molecule has 0 radical (unpaired) electrons. The minimum Gasteiger partial charge on any atom is -0.308 e. The van der Waals surface area contributed by atoms with Crippen molar-refractivity contribution in [1.82, 2.24) is 4.90 Å². The fourth-order valence-electron chi connectivity index (χ4n) is 5.22. The van der Waals surface area contributed by atoms with Crippen LogP contribution >= 0.6 is 23.4 Å². The average molecular weight is 517 g/mol. The van der Waals surface area contributed by atoms with Crippen molar-refractivity contribution < 1.29 is 8.78 Å². The Hall–Kier alpha value is -3.15. The standard InChI is InChI=1S/C30H23ClF2N2S/c1-18-14-22(16-19-2-10-24(32)11-3-19)28-26(15-18)29(21-6-12-25(33)13-7-21)35-27(17-36-30(35)34-28)20-4-8-23(31)9-5-20/h2-13,16-18,29H,14-15H2,1H3/b22-16+/t18-,29-/m1/s1. The van der Waals surface area contributed by atoms with Gasteiger partial charge >= 0.3 is 0 Å². The maximum absolute atomic E-state index is 13.9. The zero-order valence-corrected chi connectivity index (χ0v) is 21.2. The van der Waals surface area contributed by atoms with E-state index in [4.69, 9.17) is 16.6 Å². The summed E-state index contributed by atoms with van der Waals surface area (Å²) in [6.45, 7) is 2.25. The molecule has 0 fully saturated rings. The van der Waals surface area contributed by atoms with Crippen LogP contribution < -0.4 is 0 Å². The van der Waals surface area contributed by atoms with E-state index in [0.717, 1.165) is 51.7 Å². The predicted molar refractivity (Wildman–Crippen MR) is 145 cm³/mol. The first-order valence-corrected chi connectivity index (χ1v) is 13.2. The van der Waals surface area contributed by atoms with E-state index in [-0.39, 0.29) is 17.7 Å². The van der Waals surface area contributed by atoms with Gasteiger partial charge in [-0.1, -0.05) is 66.7 Å². The van der Waals surface area contributed by atoms with Gasteiger partial charge in [0.25, 0.3) is 0 Å². The highest BCUT2D eigenvalue weighted by atomic mass is 35.5. The van der Waals surface area contributed by atoms with Crippen LogP contribution in [0.25, 0.3) is 11.8 Å². The molecule has 0 bridgehead atoms. The number of benzene rings is 3. The number of allylic oxidation sites excluding steroid dienone is 1. The van der Waals surface area contributed by atoms with E-state index in [1.807, 2.05) is 36.4 Å². The Balaban J connectivity index is 1.50. The van der Waals surface area contributed by atoms with Crippen molar-refractivity contribution in [3.63, 3.8) is 0 Å². The Bertz CT molecular complexity index is 1440. The van der Waals surface area contributed by atoms with Crippen molar-refractivity contribution in [3.8, 4) is 0 Å². The van der Waals surface area contributed by atoms with Gasteiger partial charge in [0.2, 0.25) is 0 Å². The molecule has 3 aromatic rings. The molecule has 2 aliphatic heterocycles. The first kappa shape index (κ1) is 23.3. The lowest BCUT2D eigenvalue weighted by atomic mass is 9.78. The Morgan fingerprint density at radius 2 is 1.58 bits per heavy atom. The second kappa shape index (κ2) is 9.38. The monoisotopic (exact) mass is 516 g/mol. The summed E-state index contributed by atoms with van der Waals surface area (Å²) in [6.07, 6.45) is 3.91. The molecule has 180 valence electrons. The van der Waals surface area contributed by atoms with Gasteiger partial charge in [-0.15, -0.1) is 0 Å². The number of nitrogens with zero attached hydrogens (tertiary/aromatic N) is 2. The van der Waals surface area contributed by atoms with Gasteiger partial charge in [-0.25, -0.2) is 13.8 Å². The van der Waals surface area contributed by atoms with E-state index in [9.17, 15) is 8.78 Å². The quantitative estimate of drug-likeness (QED) is 0.345. The Morgan fingerprint density at radius 3 is 2.28 bits per heavy atom. The van der Waals surface area contributed by atoms with Crippen molar-refractivity contribution in [3.05, 3.63) is 128 Å². The molecule has 36 heavy (non-hydrogen) atoms. The molecule has 0 N–H and O–H groups in total. The minimum absolute atomic E-state index is 0.107. The summed E-state index contributed by atoms with van der Waals surface area (Å²) < 4.78 is 27.4. The van der Waals surface area contributed by atoms with Gasteiger partial charge < -0.3 is 4.90 Å². The molecule has 2 nitrogen and oxygen atoms in total. The molecule has 6 rings (SSSR count). The van der Waals surface area contributed by atoms with E-state index in [0.29, 0.717) is 10.9 Å². The fraction of sp³-hybridized carbons (Fsp3) is 0.167. The summed E-state index contributed by atoms with van der Waals surface area (Å²) in [5.74, 6) is -0.0914. The van der Waals surface area contributed by atoms with Crippen LogP contribution in [0.3, 0.4) is 0 Å². The lowest BCUT2D eigenvalue weighted by Gasteiger charge is -2.41. The average Bonchev–Trinajstić information content (AvgIpc) is 3.29. The zero-order chi connectivity index (χ0) is 24.8. The van der Waals surface area contributed by atoms with Crippen LogP contribution in [0.5, 0.6) is 0 Å². The Kier molecular flexibility index (Phi) is 6.06. The van der Waals surface area contributed by atoms with Gasteiger partial charge in [0.15, 0.2) is 5.17 Å². The van der Waals surface area contributed by atoms with E-state index < -0.39 is 0 Å². The van der Waals surface area contributed by atoms with Crippen LogP contribution in [0, 0.1) is 17.6 Å². The normalized spacial score (nSPS) is 22.3. The first-order chi connectivity index (χ1) is 17.5. The molecule has 0 saturated heterocycles. The minimum atomic E-state index is -0.254. The van der Waals surface area contributed by atoms with E-state index in [1.54, 1.807) is 23.9 Å². The molecule has 2 heterocycles. The lowest BCUT2D eigenvalue weighted by molar-refractivity contribution is 0.425. The summed E-state index contributed by atoms with van der Waals surface area (Å²) in [5.41, 5.74) is 7.45. The topological polar surface area (TPSA) is 15.6 Å². The van der Waals surface area contributed by atoms with Crippen LogP contribution in [-0.4, -0.2) is 10.1 Å². The van der Waals surface area contributed by atoms with Gasteiger partial charge in [-0.3, -0.25) is 0 Å². The fourth-order valence-corrected chi connectivity index (χ4v) is 6.28. The van der Waals surface area contributed by atoms with Crippen LogP contribution in [0.4, 0.5) is 8.78 Å². The van der Waals surface area contributed by atoms with Crippen molar-refractivity contribution in [2.45, 2.75) is 25.8 Å². The molecule has 0 spiro atoms. The lowest BCUT2D eigenvalue weighted by Crippen LogP contribution is -2.35. The number of rotatable bonds is 3. The number of thioether (sulfide) groups is 1. The molecule has 1 aliphatic carbocycles. The largest absolute Gasteiger partial charge is 0.308 e.